The van der Waals surface area contributed by atoms with Gasteiger partial charge < -0.3 is 14.9 Å². The van der Waals surface area contributed by atoms with Gasteiger partial charge in [-0.3, -0.25) is 0 Å². The molecule has 0 heterocycles. The van der Waals surface area contributed by atoms with E-state index in [2.05, 4.69) is 25.1 Å². The van der Waals surface area contributed by atoms with Crippen molar-refractivity contribution in [2.24, 2.45) is 17.3 Å². The first-order chi connectivity index (χ1) is 12.5. The second-order valence-electron chi connectivity index (χ2n) is 9.19. The monoisotopic (exact) mass is 358 g/mol. The van der Waals surface area contributed by atoms with Crippen molar-refractivity contribution in [1.82, 2.24) is 0 Å². The minimum absolute atomic E-state index is 0.0492. The van der Waals surface area contributed by atoms with Gasteiger partial charge in [-0.05, 0) is 104 Å². The second-order valence-corrected chi connectivity index (χ2v) is 9.19. The zero-order chi connectivity index (χ0) is 18.4. The Kier molecular flexibility index (Phi) is 4.81. The van der Waals surface area contributed by atoms with Crippen LogP contribution in [0.3, 0.4) is 0 Å². The number of ether oxygens (including phenoxy) is 1. The topological polar surface area (TPSA) is 49.7 Å². The lowest BCUT2D eigenvalue weighted by Gasteiger charge is -2.53. The molecule has 144 valence electrons. The lowest BCUT2D eigenvalue weighted by molar-refractivity contribution is -0.108. The van der Waals surface area contributed by atoms with Crippen LogP contribution >= 0.6 is 0 Å². The summed E-state index contributed by atoms with van der Waals surface area (Å²) in [6, 6.07) is 6.66. The van der Waals surface area contributed by atoms with E-state index in [1.165, 1.54) is 24.8 Å². The summed E-state index contributed by atoms with van der Waals surface area (Å²) in [6.45, 7) is 2.60. The van der Waals surface area contributed by atoms with Gasteiger partial charge in [-0.1, -0.05) is 13.0 Å². The third-order valence-electron chi connectivity index (χ3n) is 8.25. The van der Waals surface area contributed by atoms with Crippen molar-refractivity contribution >= 4 is 0 Å². The molecule has 2 N–H and O–H groups in total. The molecule has 1 aromatic rings. The number of unbranched alkanes of at least 4 members (excludes halogenated alkanes) is 1. The maximum absolute atomic E-state index is 11.5. The molecule has 2 fully saturated rings. The lowest BCUT2D eigenvalue weighted by atomic mass is 9.53. The fraction of sp³-hybridized carbons (Fsp3) is 0.739. The molecule has 0 aromatic heterocycles. The summed E-state index contributed by atoms with van der Waals surface area (Å²) in [7, 11) is 1.75. The van der Waals surface area contributed by atoms with Crippen LogP contribution in [-0.2, 0) is 6.42 Å². The van der Waals surface area contributed by atoms with Crippen molar-refractivity contribution in [3.05, 3.63) is 29.3 Å². The molecule has 3 aliphatic carbocycles. The number of aliphatic hydroxyl groups is 2. The van der Waals surface area contributed by atoms with Crippen LogP contribution in [0.5, 0.6) is 5.75 Å². The van der Waals surface area contributed by atoms with E-state index in [1.807, 2.05) is 0 Å². The SMILES string of the molecule is COc1ccc2c(c1)CC[C@H]1[C@H]2CC[C@]2(C)[C@H]1CC[C@]2(O)CCCCO. The zero-order valence-corrected chi connectivity index (χ0v) is 16.3. The van der Waals surface area contributed by atoms with Crippen LogP contribution in [0.4, 0.5) is 0 Å². The van der Waals surface area contributed by atoms with Crippen molar-refractivity contribution in [2.45, 2.75) is 76.2 Å². The quantitative estimate of drug-likeness (QED) is 0.765. The minimum atomic E-state index is -0.530. The van der Waals surface area contributed by atoms with Crippen LogP contribution in [0, 0.1) is 17.3 Å². The van der Waals surface area contributed by atoms with Gasteiger partial charge in [0.1, 0.15) is 5.75 Å². The van der Waals surface area contributed by atoms with Gasteiger partial charge in [0.15, 0.2) is 0 Å². The first-order valence-corrected chi connectivity index (χ1v) is 10.5. The van der Waals surface area contributed by atoms with Crippen molar-refractivity contribution < 1.29 is 14.9 Å². The van der Waals surface area contributed by atoms with E-state index in [0.29, 0.717) is 17.8 Å². The van der Waals surface area contributed by atoms with Crippen molar-refractivity contribution in [1.29, 1.82) is 0 Å². The maximum atomic E-state index is 11.5. The molecular formula is C23H34O3. The fourth-order valence-electron chi connectivity index (χ4n) is 6.74. The van der Waals surface area contributed by atoms with Gasteiger partial charge in [-0.25, -0.2) is 0 Å². The van der Waals surface area contributed by atoms with E-state index in [1.54, 1.807) is 12.7 Å². The number of hydrogen-bond donors (Lipinski definition) is 2. The number of methoxy groups -OCH3 is 1. The summed E-state index contributed by atoms with van der Waals surface area (Å²) in [4.78, 5) is 0. The Hall–Kier alpha value is -1.06. The van der Waals surface area contributed by atoms with Gasteiger partial charge in [-0.15, -0.1) is 0 Å². The molecule has 2 saturated carbocycles. The highest BCUT2D eigenvalue weighted by molar-refractivity contribution is 5.40. The van der Waals surface area contributed by atoms with Gasteiger partial charge in [0.25, 0.3) is 0 Å². The Balaban J connectivity index is 1.58. The predicted molar refractivity (Wildman–Crippen MR) is 103 cm³/mol. The summed E-state index contributed by atoms with van der Waals surface area (Å²) in [5, 5.41) is 20.6. The van der Waals surface area contributed by atoms with E-state index < -0.39 is 5.60 Å². The number of hydrogen-bond acceptors (Lipinski definition) is 3. The summed E-state index contributed by atoms with van der Waals surface area (Å²) in [5.74, 6) is 2.97. The van der Waals surface area contributed by atoms with Gasteiger partial charge >= 0.3 is 0 Å². The normalized spacial score (nSPS) is 38.4. The van der Waals surface area contributed by atoms with Gasteiger partial charge in [0.2, 0.25) is 0 Å². The predicted octanol–water partition coefficient (Wildman–Crippen LogP) is 4.45. The van der Waals surface area contributed by atoms with E-state index in [0.717, 1.165) is 44.3 Å². The van der Waals surface area contributed by atoms with Crippen LogP contribution in [-0.4, -0.2) is 29.5 Å². The Labute approximate surface area is 157 Å². The molecule has 3 aliphatic rings. The molecule has 0 saturated heterocycles. The van der Waals surface area contributed by atoms with Gasteiger partial charge in [0, 0.05) is 6.61 Å². The molecule has 0 radical (unpaired) electrons. The average molecular weight is 359 g/mol. The standard InChI is InChI=1S/C23H34O3/c1-22-12-9-19-18-8-6-17(26-2)15-16(18)5-7-20(19)21(22)10-13-23(22,25)11-3-4-14-24/h6,8,15,19-21,24-25H,3-5,7,9-14H2,1-2H3/t19-,20-,21-,22+,23+/m0/s1. The number of benzene rings is 1. The molecule has 4 rings (SSSR count). The van der Waals surface area contributed by atoms with Crippen molar-refractivity contribution in [2.75, 3.05) is 13.7 Å². The number of fused-ring (bicyclic) bond motifs is 5. The highest BCUT2D eigenvalue weighted by atomic mass is 16.5. The summed E-state index contributed by atoms with van der Waals surface area (Å²) < 4.78 is 5.42. The van der Waals surface area contributed by atoms with Crippen LogP contribution in [0.1, 0.15) is 75.3 Å². The maximum Gasteiger partial charge on any atom is 0.119 e. The summed E-state index contributed by atoms with van der Waals surface area (Å²) >= 11 is 0. The Morgan fingerprint density at radius 1 is 1.15 bits per heavy atom. The third kappa shape index (κ3) is 2.70. The minimum Gasteiger partial charge on any atom is -0.497 e. The largest absolute Gasteiger partial charge is 0.497 e. The van der Waals surface area contributed by atoms with Crippen LogP contribution < -0.4 is 4.74 Å². The smallest absolute Gasteiger partial charge is 0.119 e. The van der Waals surface area contributed by atoms with Gasteiger partial charge in [-0.2, -0.15) is 0 Å². The molecule has 26 heavy (non-hydrogen) atoms. The molecule has 5 atom stereocenters. The van der Waals surface area contributed by atoms with Crippen LogP contribution in [0.2, 0.25) is 0 Å². The second kappa shape index (κ2) is 6.83. The fourth-order valence-corrected chi connectivity index (χ4v) is 6.74. The lowest BCUT2D eigenvalue weighted by Crippen LogP contribution is -2.50. The average Bonchev–Trinajstić information content (AvgIpc) is 2.92. The highest BCUT2D eigenvalue weighted by Crippen LogP contribution is 2.65. The molecule has 3 nitrogen and oxygen atoms in total. The Morgan fingerprint density at radius 3 is 2.77 bits per heavy atom. The summed E-state index contributed by atoms with van der Waals surface area (Å²) in [6.07, 6.45) is 9.42. The molecule has 3 heteroatoms. The van der Waals surface area contributed by atoms with E-state index in [9.17, 15) is 5.11 Å². The molecule has 1 aromatic carbocycles. The zero-order valence-electron chi connectivity index (χ0n) is 16.3. The van der Waals surface area contributed by atoms with E-state index in [-0.39, 0.29) is 12.0 Å². The van der Waals surface area contributed by atoms with Crippen molar-refractivity contribution in [3.8, 4) is 5.75 Å². The number of rotatable bonds is 5. The van der Waals surface area contributed by atoms with Crippen molar-refractivity contribution in [3.63, 3.8) is 0 Å². The Bertz CT molecular complexity index is 657. The Morgan fingerprint density at radius 2 is 2.00 bits per heavy atom. The highest BCUT2D eigenvalue weighted by Gasteiger charge is 2.60. The first-order valence-electron chi connectivity index (χ1n) is 10.5. The molecule has 0 bridgehead atoms. The van der Waals surface area contributed by atoms with Crippen LogP contribution in [0.15, 0.2) is 18.2 Å². The van der Waals surface area contributed by atoms with E-state index >= 15 is 0 Å². The number of aryl methyl sites for hydroxylation is 1. The molecule has 0 spiro atoms. The van der Waals surface area contributed by atoms with E-state index in [4.69, 9.17) is 9.84 Å². The molecular weight excluding hydrogens is 324 g/mol. The number of aliphatic hydroxyl groups excluding tert-OH is 1. The molecule has 0 aliphatic heterocycles. The van der Waals surface area contributed by atoms with Gasteiger partial charge in [0.05, 0.1) is 12.7 Å². The van der Waals surface area contributed by atoms with Crippen LogP contribution in [0.25, 0.3) is 0 Å². The third-order valence-corrected chi connectivity index (χ3v) is 8.25. The summed E-state index contributed by atoms with van der Waals surface area (Å²) in [5.41, 5.74) is 2.54. The molecule has 0 unspecified atom stereocenters. The first kappa shape index (κ1) is 18.3. The molecule has 0 amide bonds.